The molecule has 1 heterocycles. The second-order valence-electron chi connectivity index (χ2n) is 6.24. The highest BCUT2D eigenvalue weighted by molar-refractivity contribution is 5.71. The highest BCUT2D eigenvalue weighted by Crippen LogP contribution is 2.27. The summed E-state index contributed by atoms with van der Waals surface area (Å²) in [6.07, 6.45) is 1.03. The molecule has 0 amide bonds. The van der Waals surface area contributed by atoms with Gasteiger partial charge in [0.25, 0.3) is 0 Å². The first kappa shape index (κ1) is 16.2. The molecule has 0 aliphatic heterocycles. The van der Waals surface area contributed by atoms with Crippen molar-refractivity contribution in [3.63, 3.8) is 0 Å². The summed E-state index contributed by atoms with van der Waals surface area (Å²) in [7, 11) is 0. The normalized spacial score (nSPS) is 10.7. The van der Waals surface area contributed by atoms with E-state index in [1.807, 2.05) is 36.4 Å². The summed E-state index contributed by atoms with van der Waals surface area (Å²) in [5.74, 6) is 0.757. The van der Waals surface area contributed by atoms with Crippen LogP contribution in [-0.4, -0.2) is 9.97 Å². The highest BCUT2D eigenvalue weighted by atomic mass is 14.9. The smallest absolute Gasteiger partial charge is 0.160 e. The lowest BCUT2D eigenvalue weighted by Gasteiger charge is -2.09. The van der Waals surface area contributed by atoms with Crippen LogP contribution in [0.2, 0.25) is 0 Å². The largest absolute Gasteiger partial charge is 0.228 e. The highest BCUT2D eigenvalue weighted by Gasteiger charge is 2.10. The Morgan fingerprint density at radius 2 is 1.08 bits per heavy atom. The van der Waals surface area contributed by atoms with Gasteiger partial charge < -0.3 is 0 Å². The Bertz CT molecular complexity index is 934. The first-order valence-electron chi connectivity index (χ1n) is 8.93. The van der Waals surface area contributed by atoms with Crippen molar-refractivity contribution >= 4 is 0 Å². The lowest BCUT2D eigenvalue weighted by atomic mass is 10.1. The predicted octanol–water partition coefficient (Wildman–Crippen LogP) is 6.04. The van der Waals surface area contributed by atoms with Gasteiger partial charge >= 0.3 is 0 Å². The zero-order valence-corrected chi connectivity index (χ0v) is 14.8. The molecule has 4 aromatic rings. The Labute approximate surface area is 154 Å². The predicted molar refractivity (Wildman–Crippen MR) is 108 cm³/mol. The fraction of sp³-hybridized carbons (Fsp3) is 0.0833. The van der Waals surface area contributed by atoms with Crippen LogP contribution in [0.1, 0.15) is 12.5 Å². The molecule has 0 unspecified atom stereocenters. The summed E-state index contributed by atoms with van der Waals surface area (Å²) in [6, 6.07) is 31.1. The molecule has 0 fully saturated rings. The molecule has 4 rings (SSSR count). The van der Waals surface area contributed by atoms with Gasteiger partial charge in [-0.25, -0.2) is 9.97 Å². The first-order valence-corrected chi connectivity index (χ1v) is 8.93. The number of rotatable bonds is 4. The van der Waals surface area contributed by atoms with Crippen molar-refractivity contribution in [3.05, 3.63) is 96.6 Å². The van der Waals surface area contributed by atoms with Crippen LogP contribution in [0.5, 0.6) is 0 Å². The van der Waals surface area contributed by atoms with Crippen molar-refractivity contribution in [2.24, 2.45) is 0 Å². The van der Waals surface area contributed by atoms with Crippen LogP contribution in [0, 0.1) is 0 Å². The molecule has 2 heteroatoms. The number of aromatic nitrogens is 2. The Morgan fingerprint density at radius 1 is 0.577 bits per heavy atom. The number of benzene rings is 3. The summed E-state index contributed by atoms with van der Waals surface area (Å²) in [5.41, 5.74) is 6.42. The third-order valence-electron chi connectivity index (χ3n) is 4.49. The van der Waals surface area contributed by atoms with Crippen LogP contribution >= 0.6 is 0 Å². The topological polar surface area (TPSA) is 25.8 Å². The summed E-state index contributed by atoms with van der Waals surface area (Å²) in [6.45, 7) is 2.16. The van der Waals surface area contributed by atoms with Crippen LogP contribution in [-0.2, 0) is 6.42 Å². The molecule has 0 N–H and O–H groups in total. The van der Waals surface area contributed by atoms with Gasteiger partial charge in [-0.1, -0.05) is 91.9 Å². The lowest BCUT2D eigenvalue weighted by Crippen LogP contribution is -1.96. The minimum atomic E-state index is 0.757. The maximum atomic E-state index is 4.84. The van der Waals surface area contributed by atoms with E-state index in [0.29, 0.717) is 0 Å². The van der Waals surface area contributed by atoms with Gasteiger partial charge in [-0.15, -0.1) is 0 Å². The van der Waals surface area contributed by atoms with Crippen LogP contribution in [0.25, 0.3) is 33.9 Å². The average molecular weight is 336 g/mol. The standard InChI is InChI=1S/C24H20N2/c1-2-18-13-15-21(16-14-18)24-25-22(19-9-5-3-6-10-19)17-23(26-24)20-11-7-4-8-12-20/h3-17H,2H2,1H3. The van der Waals surface area contributed by atoms with Crippen LogP contribution in [0.15, 0.2) is 91.0 Å². The second-order valence-corrected chi connectivity index (χ2v) is 6.24. The average Bonchev–Trinajstić information content (AvgIpc) is 2.75. The molecular weight excluding hydrogens is 316 g/mol. The molecule has 26 heavy (non-hydrogen) atoms. The van der Waals surface area contributed by atoms with Crippen molar-refractivity contribution in [3.8, 4) is 33.9 Å². The summed E-state index contributed by atoms with van der Waals surface area (Å²) < 4.78 is 0. The van der Waals surface area contributed by atoms with Crippen molar-refractivity contribution in [2.45, 2.75) is 13.3 Å². The summed E-state index contributed by atoms with van der Waals surface area (Å²) in [4.78, 5) is 9.69. The van der Waals surface area contributed by atoms with E-state index >= 15 is 0 Å². The maximum Gasteiger partial charge on any atom is 0.160 e. The number of hydrogen-bond donors (Lipinski definition) is 0. The Kier molecular flexibility index (Phi) is 4.57. The van der Waals surface area contributed by atoms with E-state index in [-0.39, 0.29) is 0 Å². The SMILES string of the molecule is CCc1ccc(-c2nc(-c3ccccc3)cc(-c3ccccc3)n2)cc1. The van der Waals surface area contributed by atoms with Crippen LogP contribution in [0.4, 0.5) is 0 Å². The van der Waals surface area contributed by atoms with E-state index < -0.39 is 0 Å². The molecule has 0 spiro atoms. The van der Waals surface area contributed by atoms with Gasteiger partial charge in [0, 0.05) is 16.7 Å². The van der Waals surface area contributed by atoms with E-state index in [4.69, 9.17) is 9.97 Å². The summed E-state index contributed by atoms with van der Waals surface area (Å²) in [5, 5.41) is 0. The Balaban J connectivity index is 1.87. The third kappa shape index (κ3) is 3.40. The lowest BCUT2D eigenvalue weighted by molar-refractivity contribution is 1.13. The Hall–Kier alpha value is -3.26. The minimum absolute atomic E-state index is 0.757. The van der Waals surface area contributed by atoms with Gasteiger partial charge in [-0.2, -0.15) is 0 Å². The zero-order valence-electron chi connectivity index (χ0n) is 14.8. The van der Waals surface area contributed by atoms with E-state index in [2.05, 4.69) is 61.5 Å². The van der Waals surface area contributed by atoms with E-state index in [9.17, 15) is 0 Å². The molecule has 0 aliphatic rings. The number of hydrogen-bond acceptors (Lipinski definition) is 2. The molecular formula is C24H20N2. The molecule has 0 atom stereocenters. The Morgan fingerprint density at radius 3 is 1.54 bits per heavy atom. The van der Waals surface area contributed by atoms with Crippen molar-refractivity contribution in [1.82, 2.24) is 9.97 Å². The third-order valence-corrected chi connectivity index (χ3v) is 4.49. The van der Waals surface area contributed by atoms with E-state index in [1.54, 1.807) is 0 Å². The van der Waals surface area contributed by atoms with E-state index in [0.717, 1.165) is 40.3 Å². The van der Waals surface area contributed by atoms with Crippen molar-refractivity contribution < 1.29 is 0 Å². The molecule has 0 aliphatic carbocycles. The fourth-order valence-corrected chi connectivity index (χ4v) is 2.98. The molecule has 126 valence electrons. The molecule has 0 saturated heterocycles. The van der Waals surface area contributed by atoms with Gasteiger partial charge in [0.1, 0.15) is 0 Å². The molecule has 3 aromatic carbocycles. The van der Waals surface area contributed by atoms with Crippen LogP contribution < -0.4 is 0 Å². The van der Waals surface area contributed by atoms with Gasteiger partial charge in [-0.05, 0) is 18.1 Å². The molecule has 0 bridgehead atoms. The minimum Gasteiger partial charge on any atom is -0.228 e. The van der Waals surface area contributed by atoms with Gasteiger partial charge in [0.2, 0.25) is 0 Å². The molecule has 0 saturated carbocycles. The van der Waals surface area contributed by atoms with Crippen molar-refractivity contribution in [2.75, 3.05) is 0 Å². The molecule has 1 aromatic heterocycles. The number of nitrogens with zero attached hydrogens (tertiary/aromatic N) is 2. The zero-order chi connectivity index (χ0) is 17.8. The molecule has 0 radical (unpaired) electrons. The van der Waals surface area contributed by atoms with Gasteiger partial charge in [0.05, 0.1) is 11.4 Å². The maximum absolute atomic E-state index is 4.84. The van der Waals surface area contributed by atoms with Crippen molar-refractivity contribution in [1.29, 1.82) is 0 Å². The van der Waals surface area contributed by atoms with E-state index in [1.165, 1.54) is 5.56 Å². The second kappa shape index (κ2) is 7.32. The quantitative estimate of drug-likeness (QED) is 0.454. The molecule has 2 nitrogen and oxygen atoms in total. The van der Waals surface area contributed by atoms with Gasteiger partial charge in [-0.3, -0.25) is 0 Å². The van der Waals surface area contributed by atoms with Gasteiger partial charge in [0.15, 0.2) is 5.82 Å². The number of aryl methyl sites for hydroxylation is 1. The monoisotopic (exact) mass is 336 g/mol. The van der Waals surface area contributed by atoms with Crippen LogP contribution in [0.3, 0.4) is 0 Å². The fourth-order valence-electron chi connectivity index (χ4n) is 2.98. The summed E-state index contributed by atoms with van der Waals surface area (Å²) >= 11 is 0. The first-order chi connectivity index (χ1) is 12.8.